The fourth-order valence-corrected chi connectivity index (χ4v) is 3.34. The average Bonchev–Trinajstić information content (AvgIpc) is 2.90. The maximum atomic E-state index is 5.68. The molecule has 3 unspecified atom stereocenters. The minimum Gasteiger partial charge on any atom is -0.406 e. The van der Waals surface area contributed by atoms with Crippen LogP contribution in [-0.2, 0) is 0 Å². The van der Waals surface area contributed by atoms with Crippen molar-refractivity contribution < 1.29 is 4.42 Å². The van der Waals surface area contributed by atoms with E-state index >= 15 is 0 Å². The Morgan fingerprint density at radius 2 is 2.35 bits per heavy atom. The summed E-state index contributed by atoms with van der Waals surface area (Å²) in [5.41, 5.74) is 5.68. The van der Waals surface area contributed by atoms with Gasteiger partial charge in [0.05, 0.1) is 6.04 Å². The first-order valence-corrected chi connectivity index (χ1v) is 7.22. The lowest BCUT2D eigenvalue weighted by Gasteiger charge is -2.18. The molecule has 0 radical (unpaired) electrons. The van der Waals surface area contributed by atoms with Crippen LogP contribution in [-0.4, -0.2) is 27.2 Å². The summed E-state index contributed by atoms with van der Waals surface area (Å²) >= 11 is 2.00. The molecule has 1 aliphatic rings. The van der Waals surface area contributed by atoms with Gasteiger partial charge in [0.25, 0.3) is 0 Å². The second-order valence-electron chi connectivity index (χ2n) is 4.41. The number of hydrogen-bond acceptors (Lipinski definition) is 6. The molecule has 1 aliphatic carbocycles. The highest BCUT2D eigenvalue weighted by Gasteiger charge is 2.28. The van der Waals surface area contributed by atoms with E-state index in [4.69, 9.17) is 10.2 Å². The van der Waals surface area contributed by atoms with Crippen molar-refractivity contribution in [1.29, 1.82) is 0 Å². The highest BCUT2D eigenvalue weighted by molar-refractivity contribution is 7.99. The summed E-state index contributed by atoms with van der Waals surface area (Å²) in [7, 11) is 0. The second-order valence-corrected chi connectivity index (χ2v) is 5.93. The van der Waals surface area contributed by atoms with E-state index in [1.165, 1.54) is 19.3 Å². The van der Waals surface area contributed by atoms with Gasteiger partial charge in [0.15, 0.2) is 0 Å². The van der Waals surface area contributed by atoms with Crippen LogP contribution in [0, 0.1) is 0 Å². The standard InChI is InChI=1S/C11H20N4OS/c1-3-17-9-6-4-5-8(9)13-11-15-14-10(16-11)7(2)12/h7-9H,3-6,12H2,1-2H3,(H,13,15). The van der Waals surface area contributed by atoms with Gasteiger partial charge in [-0.2, -0.15) is 11.8 Å². The van der Waals surface area contributed by atoms with Crippen molar-refractivity contribution >= 4 is 17.8 Å². The largest absolute Gasteiger partial charge is 0.406 e. The molecule has 17 heavy (non-hydrogen) atoms. The molecule has 0 bridgehead atoms. The van der Waals surface area contributed by atoms with Gasteiger partial charge < -0.3 is 15.5 Å². The second kappa shape index (κ2) is 5.73. The fraction of sp³-hybridized carbons (Fsp3) is 0.818. The molecule has 2 rings (SSSR count). The Balaban J connectivity index is 1.94. The first-order valence-electron chi connectivity index (χ1n) is 6.17. The third kappa shape index (κ3) is 3.13. The van der Waals surface area contributed by atoms with E-state index in [2.05, 4.69) is 22.4 Å². The fourth-order valence-electron chi connectivity index (χ4n) is 2.14. The lowest BCUT2D eigenvalue weighted by Crippen LogP contribution is -2.26. The Bertz CT molecular complexity index is 355. The van der Waals surface area contributed by atoms with E-state index < -0.39 is 0 Å². The van der Waals surface area contributed by atoms with Crippen LogP contribution in [0.5, 0.6) is 0 Å². The van der Waals surface area contributed by atoms with E-state index in [-0.39, 0.29) is 6.04 Å². The number of nitrogens with one attached hydrogen (secondary N) is 1. The Kier molecular flexibility index (Phi) is 4.28. The molecular formula is C11H20N4OS. The van der Waals surface area contributed by atoms with Gasteiger partial charge in [0.1, 0.15) is 0 Å². The van der Waals surface area contributed by atoms with Crippen LogP contribution >= 0.6 is 11.8 Å². The molecule has 1 saturated carbocycles. The van der Waals surface area contributed by atoms with Crippen LogP contribution in [0.2, 0.25) is 0 Å². The van der Waals surface area contributed by atoms with Crippen LogP contribution < -0.4 is 11.1 Å². The SMILES string of the molecule is CCSC1CCCC1Nc1nnc(C(C)N)o1. The zero-order valence-corrected chi connectivity index (χ0v) is 11.2. The van der Waals surface area contributed by atoms with E-state index in [0.717, 1.165) is 5.75 Å². The number of thioether (sulfide) groups is 1. The van der Waals surface area contributed by atoms with Crippen molar-refractivity contribution in [3.05, 3.63) is 5.89 Å². The highest BCUT2D eigenvalue weighted by Crippen LogP contribution is 2.31. The van der Waals surface area contributed by atoms with Gasteiger partial charge in [-0.25, -0.2) is 0 Å². The molecule has 0 amide bonds. The maximum Gasteiger partial charge on any atom is 0.315 e. The van der Waals surface area contributed by atoms with E-state index in [1.807, 2.05) is 18.7 Å². The van der Waals surface area contributed by atoms with Gasteiger partial charge in [-0.05, 0) is 25.5 Å². The van der Waals surface area contributed by atoms with Crippen molar-refractivity contribution in [1.82, 2.24) is 10.2 Å². The molecule has 0 saturated heterocycles. The first kappa shape index (κ1) is 12.7. The van der Waals surface area contributed by atoms with Crippen molar-refractivity contribution in [2.75, 3.05) is 11.1 Å². The number of hydrogen-bond donors (Lipinski definition) is 2. The molecule has 6 heteroatoms. The minimum absolute atomic E-state index is 0.206. The summed E-state index contributed by atoms with van der Waals surface area (Å²) < 4.78 is 5.47. The predicted octanol–water partition coefficient (Wildman–Crippen LogP) is 2.18. The Hall–Kier alpha value is -0.750. The topological polar surface area (TPSA) is 77.0 Å². The molecule has 5 nitrogen and oxygen atoms in total. The van der Waals surface area contributed by atoms with E-state index in [1.54, 1.807) is 0 Å². The molecule has 3 atom stereocenters. The van der Waals surface area contributed by atoms with Gasteiger partial charge in [-0.1, -0.05) is 18.4 Å². The highest BCUT2D eigenvalue weighted by atomic mass is 32.2. The summed E-state index contributed by atoms with van der Waals surface area (Å²) in [6, 6.07) is 0.745. The lowest BCUT2D eigenvalue weighted by atomic mass is 10.2. The van der Waals surface area contributed by atoms with Crippen molar-refractivity contribution in [3.8, 4) is 0 Å². The zero-order chi connectivity index (χ0) is 12.3. The van der Waals surface area contributed by atoms with Crippen molar-refractivity contribution in [3.63, 3.8) is 0 Å². The number of anilines is 1. The maximum absolute atomic E-state index is 5.68. The molecule has 1 heterocycles. The molecule has 0 aliphatic heterocycles. The van der Waals surface area contributed by atoms with Crippen molar-refractivity contribution in [2.45, 2.75) is 50.4 Å². The molecule has 1 aromatic heterocycles. The van der Waals surface area contributed by atoms with E-state index in [9.17, 15) is 0 Å². The van der Waals surface area contributed by atoms with Gasteiger partial charge in [-0.15, -0.1) is 5.10 Å². The average molecular weight is 256 g/mol. The normalized spacial score (nSPS) is 26.1. The van der Waals surface area contributed by atoms with Crippen LogP contribution in [0.3, 0.4) is 0 Å². The lowest BCUT2D eigenvalue weighted by molar-refractivity contribution is 0.468. The molecule has 3 N–H and O–H groups in total. The van der Waals surface area contributed by atoms with Gasteiger partial charge >= 0.3 is 6.01 Å². The van der Waals surface area contributed by atoms with E-state index in [0.29, 0.717) is 23.2 Å². The Morgan fingerprint density at radius 3 is 3.00 bits per heavy atom. The quantitative estimate of drug-likeness (QED) is 0.841. The van der Waals surface area contributed by atoms with Gasteiger partial charge in [0, 0.05) is 11.3 Å². The Labute approximate surface area is 106 Å². The first-order chi connectivity index (χ1) is 8.20. The molecule has 1 fully saturated rings. The predicted molar refractivity (Wildman–Crippen MR) is 70.1 cm³/mol. The van der Waals surface area contributed by atoms with Gasteiger partial charge in [-0.3, -0.25) is 0 Å². The number of rotatable bonds is 5. The summed E-state index contributed by atoms with van der Waals surface area (Å²) in [6.07, 6.45) is 3.71. The van der Waals surface area contributed by atoms with Crippen molar-refractivity contribution in [2.24, 2.45) is 5.73 Å². The number of aromatic nitrogens is 2. The van der Waals surface area contributed by atoms with Crippen LogP contribution in [0.4, 0.5) is 6.01 Å². The molecule has 96 valence electrons. The van der Waals surface area contributed by atoms with Crippen LogP contribution in [0.1, 0.15) is 45.0 Å². The summed E-state index contributed by atoms with van der Waals surface area (Å²) in [5.74, 6) is 1.64. The zero-order valence-electron chi connectivity index (χ0n) is 10.3. The molecule has 0 aromatic carbocycles. The monoisotopic (exact) mass is 256 g/mol. The van der Waals surface area contributed by atoms with Crippen LogP contribution in [0.15, 0.2) is 4.42 Å². The summed E-state index contributed by atoms with van der Waals surface area (Å²) in [6.45, 7) is 4.03. The summed E-state index contributed by atoms with van der Waals surface area (Å²) in [5, 5.41) is 11.9. The number of nitrogens with two attached hydrogens (primary N) is 1. The summed E-state index contributed by atoms with van der Waals surface area (Å²) in [4.78, 5) is 0. The molecule has 1 aromatic rings. The third-order valence-electron chi connectivity index (χ3n) is 2.97. The van der Waals surface area contributed by atoms with Crippen LogP contribution in [0.25, 0.3) is 0 Å². The molecular weight excluding hydrogens is 236 g/mol. The number of nitrogens with zero attached hydrogens (tertiary/aromatic N) is 2. The third-order valence-corrected chi connectivity index (χ3v) is 4.30. The van der Waals surface area contributed by atoms with Gasteiger partial charge in [0.2, 0.25) is 5.89 Å². The Morgan fingerprint density at radius 1 is 1.53 bits per heavy atom. The smallest absolute Gasteiger partial charge is 0.315 e. The minimum atomic E-state index is -0.206. The molecule has 0 spiro atoms.